The van der Waals surface area contributed by atoms with Crippen LogP contribution in [0.1, 0.15) is 19.4 Å². The van der Waals surface area contributed by atoms with E-state index < -0.39 is 0 Å². The Bertz CT molecular complexity index is 379. The number of hydrogen-bond acceptors (Lipinski definition) is 3. The number of aliphatic hydroxyl groups excluding tert-OH is 1. The predicted octanol–water partition coefficient (Wildman–Crippen LogP) is 1.24. The molecule has 1 amide bonds. The molecule has 4 nitrogen and oxygen atoms in total. The van der Waals surface area contributed by atoms with E-state index in [-0.39, 0.29) is 24.3 Å². The van der Waals surface area contributed by atoms with Crippen molar-refractivity contribution in [3.05, 3.63) is 35.9 Å². The molecule has 106 valence electrons. The molecule has 0 spiro atoms. The van der Waals surface area contributed by atoms with E-state index in [9.17, 15) is 4.79 Å². The molecule has 1 atom stereocenters. The maximum absolute atomic E-state index is 12.4. The third kappa shape index (κ3) is 4.65. The fourth-order valence-corrected chi connectivity index (χ4v) is 2.08. The molecule has 0 radical (unpaired) electrons. The average molecular weight is 264 g/mol. The molecule has 0 aliphatic carbocycles. The van der Waals surface area contributed by atoms with Crippen molar-refractivity contribution in [3.63, 3.8) is 0 Å². The van der Waals surface area contributed by atoms with Crippen LogP contribution in [0.4, 0.5) is 0 Å². The quantitative estimate of drug-likeness (QED) is 0.778. The van der Waals surface area contributed by atoms with Crippen LogP contribution < -0.4 is 5.73 Å². The van der Waals surface area contributed by atoms with Gasteiger partial charge in [-0.1, -0.05) is 44.2 Å². The van der Waals surface area contributed by atoms with E-state index in [1.54, 1.807) is 4.90 Å². The second-order valence-corrected chi connectivity index (χ2v) is 5.06. The second kappa shape index (κ2) is 7.92. The Morgan fingerprint density at radius 1 is 1.32 bits per heavy atom. The van der Waals surface area contributed by atoms with Crippen molar-refractivity contribution < 1.29 is 9.90 Å². The van der Waals surface area contributed by atoms with Gasteiger partial charge in [0.25, 0.3) is 0 Å². The van der Waals surface area contributed by atoms with Gasteiger partial charge in [-0.15, -0.1) is 0 Å². The fourth-order valence-electron chi connectivity index (χ4n) is 2.08. The second-order valence-electron chi connectivity index (χ2n) is 5.06. The molecule has 0 aliphatic heterocycles. The molecule has 0 aromatic heterocycles. The summed E-state index contributed by atoms with van der Waals surface area (Å²) in [5.41, 5.74) is 6.75. The first kappa shape index (κ1) is 15.7. The molecule has 3 N–H and O–H groups in total. The van der Waals surface area contributed by atoms with Crippen LogP contribution in [0, 0.1) is 11.8 Å². The lowest BCUT2D eigenvalue weighted by Gasteiger charge is -2.28. The molecule has 0 bridgehead atoms. The first-order chi connectivity index (χ1) is 9.10. The van der Waals surface area contributed by atoms with Crippen molar-refractivity contribution in [2.75, 3.05) is 19.7 Å². The summed E-state index contributed by atoms with van der Waals surface area (Å²) in [5.74, 6) is 0.0418. The fraction of sp³-hybridized carbons (Fsp3) is 0.533. The third-order valence-corrected chi connectivity index (χ3v) is 3.27. The monoisotopic (exact) mass is 264 g/mol. The lowest BCUT2D eigenvalue weighted by atomic mass is 9.94. The summed E-state index contributed by atoms with van der Waals surface area (Å²) in [5, 5.41) is 9.13. The van der Waals surface area contributed by atoms with Crippen molar-refractivity contribution in [2.24, 2.45) is 17.6 Å². The third-order valence-electron chi connectivity index (χ3n) is 3.27. The molecular weight excluding hydrogens is 240 g/mol. The van der Waals surface area contributed by atoms with Gasteiger partial charge in [-0.05, 0) is 11.5 Å². The van der Waals surface area contributed by atoms with E-state index >= 15 is 0 Å². The molecule has 1 aromatic carbocycles. The Hall–Kier alpha value is -1.39. The maximum Gasteiger partial charge on any atom is 0.227 e. The summed E-state index contributed by atoms with van der Waals surface area (Å²) in [6.45, 7) is 5.16. The summed E-state index contributed by atoms with van der Waals surface area (Å²) >= 11 is 0. The van der Waals surface area contributed by atoms with Crippen molar-refractivity contribution in [3.8, 4) is 0 Å². The zero-order chi connectivity index (χ0) is 14.3. The van der Waals surface area contributed by atoms with E-state index in [2.05, 4.69) is 0 Å². The summed E-state index contributed by atoms with van der Waals surface area (Å²) in [4.78, 5) is 14.1. The highest BCUT2D eigenvalue weighted by molar-refractivity contribution is 5.79. The van der Waals surface area contributed by atoms with Gasteiger partial charge in [0.15, 0.2) is 0 Å². The minimum atomic E-state index is -0.185. The Morgan fingerprint density at radius 3 is 2.42 bits per heavy atom. The lowest BCUT2D eigenvalue weighted by Crippen LogP contribution is -2.42. The average Bonchev–Trinajstić information content (AvgIpc) is 2.39. The van der Waals surface area contributed by atoms with Crippen LogP contribution in [0.5, 0.6) is 0 Å². The number of carbonyl (C=O) groups excluding carboxylic acids is 1. The summed E-state index contributed by atoms with van der Waals surface area (Å²) in [6, 6.07) is 9.78. The number of nitrogens with zero attached hydrogens (tertiary/aromatic N) is 1. The summed E-state index contributed by atoms with van der Waals surface area (Å²) in [6.07, 6.45) is 0. The highest BCUT2D eigenvalue weighted by Gasteiger charge is 2.25. The van der Waals surface area contributed by atoms with Crippen LogP contribution >= 0.6 is 0 Å². The van der Waals surface area contributed by atoms with Gasteiger partial charge in [0, 0.05) is 19.6 Å². The first-order valence-corrected chi connectivity index (χ1v) is 6.73. The largest absolute Gasteiger partial charge is 0.395 e. The van der Waals surface area contributed by atoms with E-state index in [4.69, 9.17) is 10.8 Å². The Labute approximate surface area is 115 Å². The molecule has 0 fully saturated rings. The van der Waals surface area contributed by atoms with Crippen LogP contribution in [0.2, 0.25) is 0 Å². The van der Waals surface area contributed by atoms with Crippen LogP contribution in [-0.2, 0) is 11.3 Å². The van der Waals surface area contributed by atoms with Gasteiger partial charge in [-0.3, -0.25) is 4.79 Å². The number of aliphatic hydroxyl groups is 1. The SMILES string of the molecule is CC(C)C(CN)C(=O)N(CCO)Cc1ccccc1. The van der Waals surface area contributed by atoms with Gasteiger partial charge >= 0.3 is 0 Å². The van der Waals surface area contributed by atoms with E-state index in [1.165, 1.54) is 0 Å². The van der Waals surface area contributed by atoms with Crippen molar-refractivity contribution in [1.82, 2.24) is 4.90 Å². The lowest BCUT2D eigenvalue weighted by molar-refractivity contribution is -0.137. The molecule has 1 aromatic rings. The molecule has 0 aliphatic rings. The molecule has 1 unspecified atom stereocenters. The zero-order valence-corrected chi connectivity index (χ0v) is 11.7. The minimum absolute atomic E-state index is 0.0235. The van der Waals surface area contributed by atoms with Crippen LogP contribution in [-0.4, -0.2) is 35.6 Å². The number of carbonyl (C=O) groups is 1. The van der Waals surface area contributed by atoms with Gasteiger partial charge in [0.1, 0.15) is 0 Å². The number of amides is 1. The van der Waals surface area contributed by atoms with Gasteiger partial charge in [-0.25, -0.2) is 0 Å². The Morgan fingerprint density at radius 2 is 1.95 bits per heavy atom. The number of nitrogens with two attached hydrogens (primary N) is 1. The summed E-state index contributed by atoms with van der Waals surface area (Å²) in [7, 11) is 0. The van der Waals surface area contributed by atoms with Gasteiger partial charge < -0.3 is 15.7 Å². The van der Waals surface area contributed by atoms with E-state index in [0.717, 1.165) is 5.56 Å². The standard InChI is InChI=1S/C15H24N2O2/c1-12(2)14(10-16)15(19)17(8-9-18)11-13-6-4-3-5-7-13/h3-7,12,14,18H,8-11,16H2,1-2H3. The van der Waals surface area contributed by atoms with Gasteiger partial charge in [0.05, 0.1) is 12.5 Å². The summed E-state index contributed by atoms with van der Waals surface area (Å²) < 4.78 is 0. The minimum Gasteiger partial charge on any atom is -0.395 e. The molecule has 19 heavy (non-hydrogen) atoms. The molecule has 0 heterocycles. The first-order valence-electron chi connectivity index (χ1n) is 6.73. The molecule has 4 heteroatoms. The van der Waals surface area contributed by atoms with Crippen molar-refractivity contribution in [2.45, 2.75) is 20.4 Å². The normalized spacial score (nSPS) is 12.5. The van der Waals surface area contributed by atoms with E-state index in [0.29, 0.717) is 19.6 Å². The number of hydrogen-bond donors (Lipinski definition) is 2. The van der Waals surface area contributed by atoms with Crippen LogP contribution in [0.3, 0.4) is 0 Å². The molecule has 1 rings (SSSR count). The number of benzene rings is 1. The highest BCUT2D eigenvalue weighted by atomic mass is 16.3. The van der Waals surface area contributed by atoms with Crippen molar-refractivity contribution in [1.29, 1.82) is 0 Å². The van der Waals surface area contributed by atoms with Gasteiger partial charge in [0.2, 0.25) is 5.91 Å². The van der Waals surface area contributed by atoms with Crippen LogP contribution in [0.15, 0.2) is 30.3 Å². The topological polar surface area (TPSA) is 66.6 Å². The maximum atomic E-state index is 12.4. The molecular formula is C15H24N2O2. The smallest absolute Gasteiger partial charge is 0.227 e. The molecule has 0 saturated heterocycles. The van der Waals surface area contributed by atoms with E-state index in [1.807, 2.05) is 44.2 Å². The molecule has 0 saturated carbocycles. The van der Waals surface area contributed by atoms with Crippen LogP contribution in [0.25, 0.3) is 0 Å². The Kier molecular flexibility index (Phi) is 6.53. The Balaban J connectivity index is 2.79. The van der Waals surface area contributed by atoms with Gasteiger partial charge in [-0.2, -0.15) is 0 Å². The zero-order valence-electron chi connectivity index (χ0n) is 11.7. The number of rotatable bonds is 7. The van der Waals surface area contributed by atoms with Crippen molar-refractivity contribution >= 4 is 5.91 Å². The predicted molar refractivity (Wildman–Crippen MR) is 76.3 cm³/mol. The highest BCUT2D eigenvalue weighted by Crippen LogP contribution is 2.15.